The molecule has 1 N–H and O–H groups in total. The smallest absolute Gasteiger partial charge is 0.246 e. The van der Waals surface area contributed by atoms with E-state index in [9.17, 15) is 9.59 Å². The van der Waals surface area contributed by atoms with Crippen LogP contribution in [-0.4, -0.2) is 48.6 Å². The van der Waals surface area contributed by atoms with Gasteiger partial charge in [0, 0.05) is 19.8 Å². The summed E-state index contributed by atoms with van der Waals surface area (Å²) < 4.78 is 5.13. The normalized spacial score (nSPS) is 28.0. The lowest BCUT2D eigenvalue weighted by Gasteiger charge is -2.43. The molecular formula is C16H28N2O3. The molecule has 2 amide bonds. The minimum absolute atomic E-state index is 0.0343. The summed E-state index contributed by atoms with van der Waals surface area (Å²) in [4.78, 5) is 27.1. The molecule has 2 aliphatic rings. The highest BCUT2D eigenvalue weighted by Crippen LogP contribution is 2.38. The van der Waals surface area contributed by atoms with Crippen molar-refractivity contribution in [2.24, 2.45) is 11.8 Å². The van der Waals surface area contributed by atoms with E-state index >= 15 is 0 Å². The van der Waals surface area contributed by atoms with E-state index in [2.05, 4.69) is 19.2 Å². The van der Waals surface area contributed by atoms with Crippen molar-refractivity contribution in [3.63, 3.8) is 0 Å². The molecule has 1 aliphatic heterocycles. The molecule has 0 aromatic carbocycles. The largest absolute Gasteiger partial charge is 0.385 e. The highest BCUT2D eigenvalue weighted by atomic mass is 16.5. The maximum absolute atomic E-state index is 12.8. The Morgan fingerprint density at radius 1 is 1.29 bits per heavy atom. The number of carbonyl (C=O) groups is 2. The fraction of sp³-hybridized carbons (Fsp3) is 0.875. The topological polar surface area (TPSA) is 58.6 Å². The Morgan fingerprint density at radius 3 is 2.48 bits per heavy atom. The van der Waals surface area contributed by atoms with E-state index in [4.69, 9.17) is 4.74 Å². The molecule has 21 heavy (non-hydrogen) atoms. The first-order valence-corrected chi connectivity index (χ1v) is 8.07. The molecule has 0 bridgehead atoms. The number of carbonyl (C=O) groups excluding carboxylic acids is 2. The summed E-state index contributed by atoms with van der Waals surface area (Å²) >= 11 is 0. The van der Waals surface area contributed by atoms with E-state index in [-0.39, 0.29) is 29.9 Å². The molecule has 2 fully saturated rings. The molecule has 1 saturated carbocycles. The van der Waals surface area contributed by atoms with Gasteiger partial charge in [-0.25, -0.2) is 0 Å². The van der Waals surface area contributed by atoms with Crippen LogP contribution in [0.2, 0.25) is 0 Å². The third kappa shape index (κ3) is 3.76. The van der Waals surface area contributed by atoms with Crippen molar-refractivity contribution >= 4 is 11.8 Å². The van der Waals surface area contributed by atoms with Gasteiger partial charge < -0.3 is 15.0 Å². The summed E-state index contributed by atoms with van der Waals surface area (Å²) in [6.07, 6.45) is 3.57. The Labute approximate surface area is 127 Å². The first-order chi connectivity index (χ1) is 9.95. The monoisotopic (exact) mass is 296 g/mol. The van der Waals surface area contributed by atoms with Gasteiger partial charge in [0.2, 0.25) is 11.8 Å². The maximum Gasteiger partial charge on any atom is 0.246 e. The summed E-state index contributed by atoms with van der Waals surface area (Å²) in [7, 11) is 1.66. The Kier molecular flexibility index (Phi) is 5.25. The second kappa shape index (κ2) is 6.77. The Hall–Kier alpha value is -1.10. The van der Waals surface area contributed by atoms with Crippen LogP contribution >= 0.6 is 0 Å². The molecule has 1 saturated heterocycles. The van der Waals surface area contributed by atoms with E-state index in [1.807, 2.05) is 11.8 Å². The number of hydrogen-bond acceptors (Lipinski definition) is 3. The highest BCUT2D eigenvalue weighted by Gasteiger charge is 2.49. The first-order valence-electron chi connectivity index (χ1n) is 8.07. The molecule has 2 rings (SSSR count). The molecule has 5 nitrogen and oxygen atoms in total. The number of nitrogens with one attached hydrogen (secondary N) is 1. The van der Waals surface area contributed by atoms with Crippen molar-refractivity contribution in [3.8, 4) is 0 Å². The summed E-state index contributed by atoms with van der Waals surface area (Å²) in [5, 5.41) is 2.95. The van der Waals surface area contributed by atoms with Gasteiger partial charge in [0.1, 0.15) is 12.1 Å². The average Bonchev–Trinajstić information content (AvgIpc) is 3.23. The van der Waals surface area contributed by atoms with Crippen LogP contribution in [0.1, 0.15) is 46.5 Å². The molecule has 5 heteroatoms. The van der Waals surface area contributed by atoms with Crippen LogP contribution in [0.25, 0.3) is 0 Å². The van der Waals surface area contributed by atoms with Gasteiger partial charge in [-0.15, -0.1) is 0 Å². The van der Waals surface area contributed by atoms with Crippen molar-refractivity contribution in [2.45, 2.75) is 64.6 Å². The fourth-order valence-electron chi connectivity index (χ4n) is 3.17. The van der Waals surface area contributed by atoms with Gasteiger partial charge in [0.25, 0.3) is 0 Å². The van der Waals surface area contributed by atoms with E-state index in [0.29, 0.717) is 24.9 Å². The zero-order valence-electron chi connectivity index (χ0n) is 13.6. The van der Waals surface area contributed by atoms with Gasteiger partial charge >= 0.3 is 0 Å². The van der Waals surface area contributed by atoms with Crippen LogP contribution in [-0.2, 0) is 14.3 Å². The van der Waals surface area contributed by atoms with Crippen LogP contribution in [0.3, 0.4) is 0 Å². The van der Waals surface area contributed by atoms with Crippen LogP contribution in [0, 0.1) is 11.8 Å². The summed E-state index contributed by atoms with van der Waals surface area (Å²) in [6.45, 7) is 6.78. The zero-order valence-corrected chi connectivity index (χ0v) is 13.6. The third-order valence-corrected chi connectivity index (χ3v) is 4.43. The maximum atomic E-state index is 12.8. The lowest BCUT2D eigenvalue weighted by Crippen LogP contribution is -2.66. The van der Waals surface area contributed by atoms with E-state index in [1.54, 1.807) is 7.11 Å². The van der Waals surface area contributed by atoms with Crippen molar-refractivity contribution < 1.29 is 14.3 Å². The van der Waals surface area contributed by atoms with E-state index < -0.39 is 0 Å². The molecule has 3 atom stereocenters. The number of piperazine rings is 1. The molecular weight excluding hydrogens is 268 g/mol. The molecule has 1 heterocycles. The Morgan fingerprint density at radius 2 is 1.95 bits per heavy atom. The van der Waals surface area contributed by atoms with Gasteiger partial charge in [-0.3, -0.25) is 9.59 Å². The number of rotatable bonds is 7. The van der Waals surface area contributed by atoms with E-state index in [1.165, 1.54) is 0 Å². The molecule has 0 aromatic heterocycles. The Balaban J connectivity index is 2.15. The number of ether oxygens (including phenoxy) is 1. The van der Waals surface area contributed by atoms with Crippen LogP contribution in [0.5, 0.6) is 0 Å². The summed E-state index contributed by atoms with van der Waals surface area (Å²) in [5.74, 6) is 0.850. The summed E-state index contributed by atoms with van der Waals surface area (Å²) in [5.41, 5.74) is 0. The third-order valence-electron chi connectivity index (χ3n) is 4.43. The highest BCUT2D eigenvalue weighted by molar-refractivity contribution is 5.97. The molecule has 0 aromatic rings. The van der Waals surface area contributed by atoms with Gasteiger partial charge in [0.15, 0.2) is 0 Å². The number of amides is 2. The van der Waals surface area contributed by atoms with Gasteiger partial charge in [-0.05, 0) is 44.4 Å². The fourth-order valence-corrected chi connectivity index (χ4v) is 3.17. The second-order valence-electron chi connectivity index (χ2n) is 6.85. The van der Waals surface area contributed by atoms with Crippen molar-refractivity contribution in [3.05, 3.63) is 0 Å². The molecule has 0 radical (unpaired) electrons. The lowest BCUT2D eigenvalue weighted by molar-refractivity contribution is -0.153. The quantitative estimate of drug-likeness (QED) is 0.775. The SMILES string of the molecule is COCCC(C)N1C(=O)C(CC(C)C)NC(=O)C1C1CC1. The second-order valence-corrected chi connectivity index (χ2v) is 6.85. The zero-order chi connectivity index (χ0) is 15.6. The minimum atomic E-state index is -0.363. The number of methoxy groups -OCH3 is 1. The predicted molar refractivity (Wildman–Crippen MR) is 80.7 cm³/mol. The average molecular weight is 296 g/mol. The molecule has 120 valence electrons. The first kappa shape index (κ1) is 16.3. The molecule has 0 spiro atoms. The van der Waals surface area contributed by atoms with Crippen LogP contribution < -0.4 is 5.32 Å². The van der Waals surface area contributed by atoms with Crippen molar-refractivity contribution in [2.75, 3.05) is 13.7 Å². The summed E-state index contributed by atoms with van der Waals surface area (Å²) in [6, 6.07) is -0.589. The Bertz CT molecular complexity index is 393. The van der Waals surface area contributed by atoms with Crippen molar-refractivity contribution in [1.82, 2.24) is 10.2 Å². The van der Waals surface area contributed by atoms with Crippen molar-refractivity contribution in [1.29, 1.82) is 0 Å². The lowest BCUT2D eigenvalue weighted by atomic mass is 9.95. The molecule has 3 unspecified atom stereocenters. The number of nitrogens with zero attached hydrogens (tertiary/aromatic N) is 1. The van der Waals surface area contributed by atoms with Gasteiger partial charge in [-0.2, -0.15) is 0 Å². The van der Waals surface area contributed by atoms with E-state index in [0.717, 1.165) is 19.3 Å². The van der Waals surface area contributed by atoms with Gasteiger partial charge in [-0.1, -0.05) is 13.8 Å². The van der Waals surface area contributed by atoms with Crippen LogP contribution in [0.15, 0.2) is 0 Å². The van der Waals surface area contributed by atoms with Crippen LogP contribution in [0.4, 0.5) is 0 Å². The standard InChI is InChI=1S/C16H28N2O3/c1-10(2)9-13-16(20)18(11(3)7-8-21-4)14(12-5-6-12)15(19)17-13/h10-14H,5-9H2,1-4H3,(H,17,19). The van der Waals surface area contributed by atoms with Gasteiger partial charge in [0.05, 0.1) is 0 Å². The molecule has 1 aliphatic carbocycles. The predicted octanol–water partition coefficient (Wildman–Crippen LogP) is 1.56. The number of hydrogen-bond donors (Lipinski definition) is 1. The minimum Gasteiger partial charge on any atom is -0.385 e.